The normalized spacial score (nSPS) is 21.2. The number of hydrogen-bond donors (Lipinski definition) is 3. The Hall–Kier alpha value is -1.63. The number of nitrogens with two attached hydrogens (primary N) is 1. The van der Waals surface area contributed by atoms with Gasteiger partial charge in [0.05, 0.1) is 12.5 Å². The topological polar surface area (TPSA) is 113 Å². The van der Waals surface area contributed by atoms with Crippen molar-refractivity contribution in [3.63, 3.8) is 0 Å². The first-order valence-electron chi connectivity index (χ1n) is 5.96. The molecule has 0 saturated carbocycles. The predicted octanol–water partition coefficient (Wildman–Crippen LogP) is -1.08. The van der Waals surface area contributed by atoms with Crippen molar-refractivity contribution in [3.8, 4) is 0 Å². The zero-order valence-corrected chi connectivity index (χ0v) is 10.4. The van der Waals surface area contributed by atoms with Crippen LogP contribution >= 0.6 is 0 Å². The average molecular weight is 257 g/mol. The number of hydrogen-bond acceptors (Lipinski definition) is 4. The summed E-state index contributed by atoms with van der Waals surface area (Å²) in [5.41, 5.74) is 5.55. The number of carboxylic acids is 1. The van der Waals surface area contributed by atoms with Gasteiger partial charge in [0.15, 0.2) is 0 Å². The van der Waals surface area contributed by atoms with Gasteiger partial charge in [-0.15, -0.1) is 0 Å². The lowest BCUT2D eigenvalue weighted by Gasteiger charge is -2.35. The van der Waals surface area contributed by atoms with Crippen molar-refractivity contribution < 1.29 is 19.5 Å². The Morgan fingerprint density at radius 2 is 2.11 bits per heavy atom. The second-order valence-corrected chi connectivity index (χ2v) is 4.36. The summed E-state index contributed by atoms with van der Waals surface area (Å²) in [5, 5.41) is 11.1. The zero-order valence-electron chi connectivity index (χ0n) is 10.4. The van der Waals surface area contributed by atoms with Gasteiger partial charge in [-0.3, -0.25) is 14.4 Å². The molecule has 1 rings (SSSR count). The van der Waals surface area contributed by atoms with Crippen LogP contribution in [0.2, 0.25) is 0 Å². The number of piperidine rings is 1. The number of aliphatic carboxylic acids is 1. The number of likely N-dealkylation sites (tertiary alicyclic amines) is 1. The first-order valence-corrected chi connectivity index (χ1v) is 5.96. The van der Waals surface area contributed by atoms with Crippen molar-refractivity contribution in [2.24, 2.45) is 5.73 Å². The molecule has 1 fully saturated rings. The molecule has 1 aliphatic rings. The van der Waals surface area contributed by atoms with Gasteiger partial charge in [-0.1, -0.05) is 0 Å². The van der Waals surface area contributed by atoms with Crippen molar-refractivity contribution >= 4 is 17.8 Å². The Kier molecular flexibility index (Phi) is 5.08. The van der Waals surface area contributed by atoms with Gasteiger partial charge in [-0.2, -0.15) is 0 Å². The van der Waals surface area contributed by atoms with Crippen LogP contribution in [0.25, 0.3) is 0 Å². The largest absolute Gasteiger partial charge is 0.481 e. The summed E-state index contributed by atoms with van der Waals surface area (Å²) >= 11 is 0. The highest BCUT2D eigenvalue weighted by Crippen LogP contribution is 2.18. The van der Waals surface area contributed by atoms with Gasteiger partial charge in [0.1, 0.15) is 6.04 Å². The highest BCUT2D eigenvalue weighted by Gasteiger charge is 2.34. The van der Waals surface area contributed by atoms with Crippen LogP contribution in [-0.2, 0) is 14.4 Å². The maximum Gasteiger partial charge on any atom is 0.305 e. The molecule has 18 heavy (non-hydrogen) atoms. The first-order chi connectivity index (χ1) is 8.47. The SMILES string of the molecule is CNC(=O)C1CCCCN1C(=O)C(N)CC(=O)O. The summed E-state index contributed by atoms with van der Waals surface area (Å²) in [4.78, 5) is 35.6. The molecule has 2 atom stereocenters. The maximum absolute atomic E-state index is 12.0. The van der Waals surface area contributed by atoms with E-state index >= 15 is 0 Å². The number of amides is 2. The molecule has 0 aromatic rings. The van der Waals surface area contributed by atoms with Gasteiger partial charge >= 0.3 is 5.97 Å². The van der Waals surface area contributed by atoms with Crippen LogP contribution < -0.4 is 11.1 Å². The van der Waals surface area contributed by atoms with Crippen molar-refractivity contribution in [1.29, 1.82) is 0 Å². The molecule has 4 N–H and O–H groups in total. The lowest BCUT2D eigenvalue weighted by molar-refractivity contribution is -0.146. The molecule has 7 heteroatoms. The molecule has 0 spiro atoms. The molecule has 2 unspecified atom stereocenters. The summed E-state index contributed by atoms with van der Waals surface area (Å²) < 4.78 is 0. The highest BCUT2D eigenvalue weighted by atomic mass is 16.4. The first kappa shape index (κ1) is 14.4. The number of carbonyl (C=O) groups is 3. The maximum atomic E-state index is 12.0. The van der Waals surface area contributed by atoms with Crippen molar-refractivity contribution in [2.75, 3.05) is 13.6 Å². The Morgan fingerprint density at radius 3 is 2.67 bits per heavy atom. The number of carboxylic acid groups (broad SMARTS) is 1. The molecule has 7 nitrogen and oxygen atoms in total. The number of nitrogens with zero attached hydrogens (tertiary/aromatic N) is 1. The third kappa shape index (κ3) is 3.43. The smallest absolute Gasteiger partial charge is 0.305 e. The van der Waals surface area contributed by atoms with E-state index in [1.807, 2.05) is 0 Å². The standard InChI is InChI=1S/C11H19N3O4/c1-13-10(17)8-4-2-3-5-14(8)11(18)7(12)6-9(15)16/h7-8H,2-6,12H2,1H3,(H,13,17)(H,15,16). The van der Waals surface area contributed by atoms with Crippen molar-refractivity contribution in [1.82, 2.24) is 10.2 Å². The molecular weight excluding hydrogens is 238 g/mol. The molecule has 0 radical (unpaired) electrons. The van der Waals surface area contributed by atoms with E-state index in [0.717, 1.165) is 12.8 Å². The minimum absolute atomic E-state index is 0.231. The second-order valence-electron chi connectivity index (χ2n) is 4.36. The molecule has 2 amide bonds. The van der Waals surface area contributed by atoms with E-state index in [1.165, 1.54) is 11.9 Å². The zero-order chi connectivity index (χ0) is 13.7. The molecule has 1 aliphatic heterocycles. The van der Waals surface area contributed by atoms with Crippen LogP contribution in [0.1, 0.15) is 25.7 Å². The van der Waals surface area contributed by atoms with E-state index in [0.29, 0.717) is 13.0 Å². The Labute approximate surface area is 105 Å². The summed E-state index contributed by atoms with van der Waals surface area (Å²) in [6, 6.07) is -1.62. The molecule has 0 aliphatic carbocycles. The number of likely N-dealkylation sites (N-methyl/N-ethyl adjacent to an activating group) is 1. The molecule has 102 valence electrons. The second kappa shape index (κ2) is 6.34. The average Bonchev–Trinajstić information content (AvgIpc) is 2.36. The quantitative estimate of drug-likeness (QED) is 0.592. The summed E-state index contributed by atoms with van der Waals surface area (Å²) in [6.07, 6.45) is 1.84. The Bertz CT molecular complexity index is 345. The molecule has 0 aromatic heterocycles. The predicted molar refractivity (Wildman–Crippen MR) is 63.6 cm³/mol. The van der Waals surface area contributed by atoms with E-state index in [1.54, 1.807) is 0 Å². The third-order valence-corrected chi connectivity index (χ3v) is 3.05. The van der Waals surface area contributed by atoms with E-state index in [4.69, 9.17) is 10.8 Å². The van der Waals surface area contributed by atoms with E-state index < -0.39 is 30.4 Å². The summed E-state index contributed by atoms with van der Waals surface area (Å²) in [5.74, 6) is -1.82. The van der Waals surface area contributed by atoms with Gasteiger partial charge < -0.3 is 21.1 Å². The number of nitrogens with one attached hydrogen (secondary N) is 1. The van der Waals surface area contributed by atoms with Gasteiger partial charge in [-0.05, 0) is 19.3 Å². The fourth-order valence-corrected chi connectivity index (χ4v) is 2.12. The van der Waals surface area contributed by atoms with Crippen LogP contribution in [-0.4, -0.2) is 53.5 Å². The van der Waals surface area contributed by atoms with Crippen LogP contribution in [0.3, 0.4) is 0 Å². The molecule has 0 bridgehead atoms. The van der Waals surface area contributed by atoms with Crippen LogP contribution in [0, 0.1) is 0 Å². The lowest BCUT2D eigenvalue weighted by atomic mass is 10.00. The van der Waals surface area contributed by atoms with Crippen LogP contribution in [0.4, 0.5) is 0 Å². The Balaban J connectivity index is 2.73. The van der Waals surface area contributed by atoms with E-state index in [-0.39, 0.29) is 5.91 Å². The Morgan fingerprint density at radius 1 is 1.44 bits per heavy atom. The molecule has 1 saturated heterocycles. The van der Waals surface area contributed by atoms with Crippen molar-refractivity contribution in [2.45, 2.75) is 37.8 Å². The van der Waals surface area contributed by atoms with Gasteiger partial charge in [0.2, 0.25) is 11.8 Å². The van der Waals surface area contributed by atoms with Gasteiger partial charge in [-0.25, -0.2) is 0 Å². The molecular formula is C11H19N3O4. The highest BCUT2D eigenvalue weighted by molar-refractivity contribution is 5.91. The summed E-state index contributed by atoms with van der Waals surface area (Å²) in [6.45, 7) is 0.449. The van der Waals surface area contributed by atoms with Crippen LogP contribution in [0.5, 0.6) is 0 Å². The third-order valence-electron chi connectivity index (χ3n) is 3.05. The minimum atomic E-state index is -1.12. The molecule has 0 aromatic carbocycles. The van der Waals surface area contributed by atoms with Crippen molar-refractivity contribution in [3.05, 3.63) is 0 Å². The minimum Gasteiger partial charge on any atom is -0.481 e. The van der Waals surface area contributed by atoms with E-state index in [9.17, 15) is 14.4 Å². The summed E-state index contributed by atoms with van der Waals surface area (Å²) in [7, 11) is 1.51. The van der Waals surface area contributed by atoms with Gasteiger partial charge in [0.25, 0.3) is 0 Å². The number of rotatable bonds is 4. The monoisotopic (exact) mass is 257 g/mol. The number of carbonyl (C=O) groups excluding carboxylic acids is 2. The van der Waals surface area contributed by atoms with E-state index in [2.05, 4.69) is 5.32 Å². The fourth-order valence-electron chi connectivity index (χ4n) is 2.12. The lowest BCUT2D eigenvalue weighted by Crippen LogP contribution is -2.55. The molecule has 1 heterocycles. The van der Waals surface area contributed by atoms with Crippen LogP contribution in [0.15, 0.2) is 0 Å². The fraction of sp³-hybridized carbons (Fsp3) is 0.727. The van der Waals surface area contributed by atoms with Gasteiger partial charge in [0, 0.05) is 13.6 Å².